The van der Waals surface area contributed by atoms with Gasteiger partial charge in [-0.25, -0.2) is 0 Å². The van der Waals surface area contributed by atoms with Crippen molar-refractivity contribution in [1.82, 2.24) is 4.90 Å². The first-order valence-electron chi connectivity index (χ1n) is 11.8. The Balaban J connectivity index is 1.24. The van der Waals surface area contributed by atoms with Crippen LogP contribution in [0.4, 0.5) is 0 Å². The minimum absolute atomic E-state index is 0.0200. The average Bonchev–Trinajstić information content (AvgIpc) is 2.92. The molecule has 0 spiro atoms. The van der Waals surface area contributed by atoms with Crippen molar-refractivity contribution < 1.29 is 17.4 Å². The van der Waals surface area contributed by atoms with E-state index < -0.39 is 10.1 Å². The van der Waals surface area contributed by atoms with Crippen LogP contribution >= 0.6 is 0 Å². The minimum atomic E-state index is -3.35. The summed E-state index contributed by atoms with van der Waals surface area (Å²) in [5.41, 5.74) is 0.410. The molecule has 5 nitrogen and oxygen atoms in total. The van der Waals surface area contributed by atoms with Crippen LogP contribution in [0.2, 0.25) is 0 Å². The van der Waals surface area contributed by atoms with E-state index in [1.54, 1.807) is 0 Å². The van der Waals surface area contributed by atoms with E-state index in [1.165, 1.54) is 38.5 Å². The summed E-state index contributed by atoms with van der Waals surface area (Å²) >= 11 is 0. The second kappa shape index (κ2) is 6.77. The van der Waals surface area contributed by atoms with Crippen molar-refractivity contribution in [2.45, 2.75) is 83.8 Å². The van der Waals surface area contributed by atoms with Crippen molar-refractivity contribution in [2.24, 2.45) is 34.5 Å². The van der Waals surface area contributed by atoms with E-state index >= 15 is 0 Å². The molecule has 0 aromatic rings. The Morgan fingerprint density at radius 1 is 1.00 bits per heavy atom. The van der Waals surface area contributed by atoms with Crippen LogP contribution in [0.3, 0.4) is 0 Å². The number of likely N-dealkylation sites (tertiary alicyclic amines) is 1. The fraction of sp³-hybridized carbons (Fsp3) is 0.957. The van der Waals surface area contributed by atoms with Gasteiger partial charge in [0.15, 0.2) is 0 Å². The van der Waals surface area contributed by atoms with Crippen molar-refractivity contribution in [3.05, 3.63) is 0 Å². The van der Waals surface area contributed by atoms with Crippen LogP contribution in [0.5, 0.6) is 0 Å². The smallest absolute Gasteiger partial charge is 0.264 e. The van der Waals surface area contributed by atoms with E-state index in [4.69, 9.17) is 4.18 Å². The Morgan fingerprint density at radius 3 is 2.48 bits per heavy atom. The Labute approximate surface area is 176 Å². The third-order valence-corrected chi connectivity index (χ3v) is 10.7. The highest BCUT2D eigenvalue weighted by molar-refractivity contribution is 7.86. The average molecular weight is 424 g/mol. The minimum Gasteiger partial charge on any atom is -0.299 e. The zero-order valence-electron chi connectivity index (χ0n) is 18.2. The van der Waals surface area contributed by atoms with Gasteiger partial charge in [-0.1, -0.05) is 13.8 Å². The highest BCUT2D eigenvalue weighted by Crippen LogP contribution is 2.65. The third-order valence-electron chi connectivity index (χ3n) is 10.1. The predicted octanol–water partition coefficient (Wildman–Crippen LogP) is 3.63. The molecule has 5 aliphatic rings. The fourth-order valence-corrected chi connectivity index (χ4v) is 9.03. The normalized spacial score (nSPS) is 48.5. The molecule has 2 unspecified atom stereocenters. The molecule has 1 saturated heterocycles. The summed E-state index contributed by atoms with van der Waals surface area (Å²) in [6.07, 6.45) is 11.7. The zero-order chi connectivity index (χ0) is 20.6. The first kappa shape index (κ1) is 20.4. The molecule has 5 rings (SSSR count). The second-order valence-corrected chi connectivity index (χ2v) is 13.0. The Morgan fingerprint density at radius 2 is 1.76 bits per heavy atom. The lowest BCUT2D eigenvalue weighted by atomic mass is 9.45. The zero-order valence-corrected chi connectivity index (χ0v) is 19.0. The van der Waals surface area contributed by atoms with Gasteiger partial charge in [0.25, 0.3) is 10.1 Å². The van der Waals surface area contributed by atoms with Crippen molar-refractivity contribution in [3.8, 4) is 0 Å². The van der Waals surface area contributed by atoms with Crippen LogP contribution < -0.4 is 0 Å². The van der Waals surface area contributed by atoms with Crippen LogP contribution in [0.15, 0.2) is 0 Å². The number of hydrogen-bond acceptors (Lipinski definition) is 5. The molecule has 0 aromatic heterocycles. The highest BCUT2D eigenvalue weighted by Gasteiger charge is 2.60. The summed E-state index contributed by atoms with van der Waals surface area (Å²) in [4.78, 5) is 15.0. The molecule has 4 saturated carbocycles. The van der Waals surface area contributed by atoms with Crippen molar-refractivity contribution in [1.29, 1.82) is 0 Å². The van der Waals surface area contributed by atoms with E-state index in [9.17, 15) is 13.2 Å². The standard InChI is InChI=1S/C23H37NO4S/c1-22-10-8-16(24-13-17(14-24)28-29(3,26)27)12-15(22)4-5-18-19-6-7-21(25)23(19,2)11-9-20(18)22/h15-20H,4-14H2,1-3H3/t15?,16?,18-,19-,20+,22-,23-/m0/s1. The van der Waals surface area contributed by atoms with Gasteiger partial charge in [-0.15, -0.1) is 0 Å². The van der Waals surface area contributed by atoms with Gasteiger partial charge >= 0.3 is 0 Å². The number of fused-ring (bicyclic) bond motifs is 5. The maximum atomic E-state index is 12.6. The summed E-state index contributed by atoms with van der Waals surface area (Å²) in [5, 5.41) is 0. The molecule has 0 aromatic carbocycles. The van der Waals surface area contributed by atoms with Crippen molar-refractivity contribution >= 4 is 15.9 Å². The summed E-state index contributed by atoms with van der Waals surface area (Å²) in [6.45, 7) is 6.36. The number of rotatable bonds is 3. The van der Waals surface area contributed by atoms with Gasteiger partial charge in [0.05, 0.1) is 6.26 Å². The number of ketones is 1. The SMILES string of the molecule is C[C@]12CCC(N3CC(OS(C)(=O)=O)C3)CC1CC[C@@H]1[C@H]2CC[C@]2(C)C(=O)CC[C@@H]12. The van der Waals surface area contributed by atoms with Crippen LogP contribution in [-0.4, -0.2) is 50.6 Å². The maximum absolute atomic E-state index is 12.6. The summed E-state index contributed by atoms with van der Waals surface area (Å²) in [6, 6.07) is 0.589. The summed E-state index contributed by atoms with van der Waals surface area (Å²) in [7, 11) is -3.35. The van der Waals surface area contributed by atoms with Gasteiger partial charge in [0.2, 0.25) is 0 Å². The molecule has 0 N–H and O–H groups in total. The molecule has 1 heterocycles. The van der Waals surface area contributed by atoms with E-state index in [0.717, 1.165) is 56.4 Å². The van der Waals surface area contributed by atoms with E-state index in [2.05, 4.69) is 18.7 Å². The molecule has 0 bridgehead atoms. The summed E-state index contributed by atoms with van der Waals surface area (Å²) < 4.78 is 27.8. The molecular formula is C23H37NO4S. The first-order valence-corrected chi connectivity index (χ1v) is 13.6. The van der Waals surface area contributed by atoms with Crippen molar-refractivity contribution in [3.63, 3.8) is 0 Å². The molecule has 4 aliphatic carbocycles. The van der Waals surface area contributed by atoms with Gasteiger partial charge in [-0.05, 0) is 80.5 Å². The molecule has 7 atom stereocenters. The molecule has 1 aliphatic heterocycles. The molecule has 0 radical (unpaired) electrons. The fourth-order valence-electron chi connectivity index (χ4n) is 8.41. The number of carbonyl (C=O) groups excluding carboxylic acids is 1. The van der Waals surface area contributed by atoms with Crippen molar-refractivity contribution in [2.75, 3.05) is 19.3 Å². The maximum Gasteiger partial charge on any atom is 0.264 e. The Hall–Kier alpha value is -0.460. The first-order chi connectivity index (χ1) is 13.6. The quantitative estimate of drug-likeness (QED) is 0.649. The van der Waals surface area contributed by atoms with Gasteiger partial charge in [0, 0.05) is 31.0 Å². The molecule has 5 fully saturated rings. The molecule has 6 heteroatoms. The second-order valence-electron chi connectivity index (χ2n) is 11.4. The largest absolute Gasteiger partial charge is 0.299 e. The highest BCUT2D eigenvalue weighted by atomic mass is 32.2. The Bertz CT molecular complexity index is 791. The van der Waals surface area contributed by atoms with Gasteiger partial charge in [-0.2, -0.15) is 8.42 Å². The monoisotopic (exact) mass is 423 g/mol. The number of carbonyl (C=O) groups is 1. The molecule has 164 valence electrons. The lowest BCUT2D eigenvalue weighted by Crippen LogP contribution is -2.60. The third kappa shape index (κ3) is 3.23. The number of nitrogens with zero attached hydrogens (tertiary/aromatic N) is 1. The molecular weight excluding hydrogens is 386 g/mol. The Kier molecular flexibility index (Phi) is 4.77. The lowest BCUT2D eigenvalue weighted by molar-refractivity contribution is -0.143. The lowest BCUT2D eigenvalue weighted by Gasteiger charge is -2.61. The molecule has 0 amide bonds. The van der Waals surface area contributed by atoms with Crippen LogP contribution in [-0.2, 0) is 19.1 Å². The summed E-state index contributed by atoms with van der Waals surface area (Å²) in [5.74, 6) is 3.51. The van der Waals surface area contributed by atoms with Crippen LogP contribution in [0.25, 0.3) is 0 Å². The van der Waals surface area contributed by atoms with E-state index in [1.807, 2.05) is 0 Å². The van der Waals surface area contributed by atoms with E-state index in [0.29, 0.717) is 23.2 Å². The predicted molar refractivity (Wildman–Crippen MR) is 112 cm³/mol. The molecule has 29 heavy (non-hydrogen) atoms. The van der Waals surface area contributed by atoms with Gasteiger partial charge in [-0.3, -0.25) is 13.9 Å². The number of hydrogen-bond donors (Lipinski definition) is 0. The van der Waals surface area contributed by atoms with Gasteiger partial charge < -0.3 is 0 Å². The van der Waals surface area contributed by atoms with Crippen LogP contribution in [0, 0.1) is 34.5 Å². The number of Topliss-reactive ketones (excluding diaryl/α,β-unsaturated/α-hetero) is 1. The topological polar surface area (TPSA) is 63.7 Å². The van der Waals surface area contributed by atoms with E-state index in [-0.39, 0.29) is 11.5 Å². The van der Waals surface area contributed by atoms with Crippen LogP contribution in [0.1, 0.15) is 71.6 Å². The van der Waals surface area contributed by atoms with Gasteiger partial charge in [0.1, 0.15) is 11.9 Å².